The highest BCUT2D eigenvalue weighted by atomic mass is 16.5. The maximum atomic E-state index is 12.2. The van der Waals surface area contributed by atoms with Crippen LogP contribution in [-0.4, -0.2) is 37.0 Å². The van der Waals surface area contributed by atoms with Crippen molar-refractivity contribution in [2.75, 3.05) is 26.2 Å². The van der Waals surface area contributed by atoms with Crippen LogP contribution in [0.1, 0.15) is 47.7 Å². The first-order chi connectivity index (χ1) is 12.5. The van der Waals surface area contributed by atoms with Crippen LogP contribution in [0.15, 0.2) is 34.7 Å². The molecule has 0 atom stereocenters. The Kier molecular flexibility index (Phi) is 7.73. The van der Waals surface area contributed by atoms with Gasteiger partial charge in [0.2, 0.25) is 0 Å². The van der Waals surface area contributed by atoms with Gasteiger partial charge < -0.3 is 19.4 Å². The van der Waals surface area contributed by atoms with Crippen LogP contribution in [0, 0.1) is 13.8 Å². The van der Waals surface area contributed by atoms with Crippen molar-refractivity contribution in [2.45, 2.75) is 40.7 Å². The number of benzene rings is 1. The molecule has 0 spiro atoms. The predicted octanol–water partition coefficient (Wildman–Crippen LogP) is 3.94. The molecule has 1 aromatic heterocycles. The molecule has 0 aliphatic heterocycles. The second-order valence-corrected chi connectivity index (χ2v) is 6.46. The normalized spacial score (nSPS) is 11.0. The van der Waals surface area contributed by atoms with Gasteiger partial charge in [0.05, 0.1) is 0 Å². The number of carbonyl (C=O) groups excluding carboxylic acids is 1. The Morgan fingerprint density at radius 1 is 1.15 bits per heavy atom. The van der Waals surface area contributed by atoms with Crippen molar-refractivity contribution in [3.8, 4) is 5.75 Å². The lowest BCUT2D eigenvalue weighted by Gasteiger charge is -2.17. The summed E-state index contributed by atoms with van der Waals surface area (Å²) in [5, 5.41) is 2.91. The Morgan fingerprint density at radius 3 is 2.65 bits per heavy atom. The zero-order chi connectivity index (χ0) is 18.9. The van der Waals surface area contributed by atoms with E-state index < -0.39 is 0 Å². The van der Waals surface area contributed by atoms with Crippen molar-refractivity contribution in [3.63, 3.8) is 0 Å². The number of ether oxygens (including phenoxy) is 1. The molecule has 0 saturated heterocycles. The van der Waals surface area contributed by atoms with Crippen LogP contribution in [0.5, 0.6) is 5.75 Å². The van der Waals surface area contributed by atoms with Gasteiger partial charge in [0.25, 0.3) is 5.91 Å². The Balaban J connectivity index is 1.79. The summed E-state index contributed by atoms with van der Waals surface area (Å²) in [4.78, 5) is 14.5. The van der Waals surface area contributed by atoms with Gasteiger partial charge in [-0.05, 0) is 69.2 Å². The van der Waals surface area contributed by atoms with Crippen LogP contribution in [0.4, 0.5) is 0 Å². The van der Waals surface area contributed by atoms with Crippen molar-refractivity contribution in [2.24, 2.45) is 0 Å². The summed E-state index contributed by atoms with van der Waals surface area (Å²) in [7, 11) is 0. The van der Waals surface area contributed by atoms with Gasteiger partial charge in [-0.25, -0.2) is 0 Å². The van der Waals surface area contributed by atoms with Crippen LogP contribution in [0.25, 0.3) is 0 Å². The SMILES string of the molecule is CCN(CC)CCCNC(=O)c1ccc(COc2cc(C)ccc2C)o1. The molecule has 0 fully saturated rings. The van der Waals surface area contributed by atoms with Crippen molar-refractivity contribution in [1.82, 2.24) is 10.2 Å². The largest absolute Gasteiger partial charge is 0.485 e. The topological polar surface area (TPSA) is 54.7 Å². The first-order valence-electron chi connectivity index (χ1n) is 9.32. The first kappa shape index (κ1) is 20.0. The van der Waals surface area contributed by atoms with Gasteiger partial charge in [-0.2, -0.15) is 0 Å². The van der Waals surface area contributed by atoms with E-state index in [0.29, 0.717) is 24.7 Å². The van der Waals surface area contributed by atoms with E-state index in [0.717, 1.165) is 42.9 Å². The molecule has 0 unspecified atom stereocenters. The Labute approximate surface area is 156 Å². The summed E-state index contributed by atoms with van der Waals surface area (Å²) >= 11 is 0. The minimum absolute atomic E-state index is 0.178. The van der Waals surface area contributed by atoms with Gasteiger partial charge in [0, 0.05) is 6.54 Å². The summed E-state index contributed by atoms with van der Waals surface area (Å²) in [6.07, 6.45) is 0.927. The zero-order valence-electron chi connectivity index (χ0n) is 16.3. The molecule has 0 bridgehead atoms. The molecule has 142 valence electrons. The first-order valence-corrected chi connectivity index (χ1v) is 9.32. The monoisotopic (exact) mass is 358 g/mol. The molecule has 5 nitrogen and oxygen atoms in total. The van der Waals surface area contributed by atoms with Gasteiger partial charge >= 0.3 is 0 Å². The molecule has 1 aromatic carbocycles. The average Bonchev–Trinajstić information content (AvgIpc) is 3.11. The third-order valence-corrected chi connectivity index (χ3v) is 4.43. The van der Waals surface area contributed by atoms with E-state index in [1.165, 1.54) is 0 Å². The molecule has 1 amide bonds. The molecule has 0 aliphatic carbocycles. The van der Waals surface area contributed by atoms with E-state index in [4.69, 9.17) is 9.15 Å². The molecule has 5 heteroatoms. The van der Waals surface area contributed by atoms with E-state index in [9.17, 15) is 4.79 Å². The summed E-state index contributed by atoms with van der Waals surface area (Å²) in [5.41, 5.74) is 2.23. The molecular weight excluding hydrogens is 328 g/mol. The lowest BCUT2D eigenvalue weighted by atomic mass is 10.1. The fourth-order valence-electron chi connectivity index (χ4n) is 2.72. The average molecular weight is 358 g/mol. The zero-order valence-corrected chi connectivity index (χ0v) is 16.3. The van der Waals surface area contributed by atoms with Crippen LogP contribution in [0.2, 0.25) is 0 Å². The minimum Gasteiger partial charge on any atom is -0.485 e. The summed E-state index contributed by atoms with van der Waals surface area (Å²) in [6, 6.07) is 9.57. The van der Waals surface area contributed by atoms with Gasteiger partial charge in [-0.15, -0.1) is 0 Å². The summed E-state index contributed by atoms with van der Waals surface area (Å²) < 4.78 is 11.4. The number of rotatable bonds is 10. The third-order valence-electron chi connectivity index (χ3n) is 4.43. The standard InChI is InChI=1S/C21H30N2O3/c1-5-23(6-2)13-7-12-22-21(24)19-11-10-18(26-19)15-25-20-14-16(3)8-9-17(20)4/h8-11,14H,5-7,12-13,15H2,1-4H3,(H,22,24). The summed E-state index contributed by atoms with van der Waals surface area (Å²) in [6.45, 7) is 12.3. The van der Waals surface area contributed by atoms with E-state index in [2.05, 4.69) is 30.1 Å². The van der Waals surface area contributed by atoms with Gasteiger partial charge in [-0.3, -0.25) is 4.79 Å². The number of hydrogen-bond acceptors (Lipinski definition) is 4. The maximum absolute atomic E-state index is 12.2. The predicted molar refractivity (Wildman–Crippen MR) is 104 cm³/mol. The van der Waals surface area contributed by atoms with Crippen LogP contribution < -0.4 is 10.1 Å². The van der Waals surface area contributed by atoms with Gasteiger partial charge in [0.15, 0.2) is 5.76 Å². The van der Waals surface area contributed by atoms with E-state index >= 15 is 0 Å². The molecule has 2 aromatic rings. The van der Waals surface area contributed by atoms with Crippen molar-refractivity contribution >= 4 is 5.91 Å². The second kappa shape index (κ2) is 10.0. The van der Waals surface area contributed by atoms with Gasteiger partial charge in [0.1, 0.15) is 18.1 Å². The lowest BCUT2D eigenvalue weighted by Crippen LogP contribution is -2.29. The second-order valence-electron chi connectivity index (χ2n) is 6.46. The van der Waals surface area contributed by atoms with Crippen molar-refractivity contribution in [1.29, 1.82) is 0 Å². The highest BCUT2D eigenvalue weighted by molar-refractivity contribution is 5.91. The Morgan fingerprint density at radius 2 is 1.92 bits per heavy atom. The number of furan rings is 1. The highest BCUT2D eigenvalue weighted by Crippen LogP contribution is 2.21. The fraction of sp³-hybridized carbons (Fsp3) is 0.476. The van der Waals surface area contributed by atoms with Crippen molar-refractivity contribution < 1.29 is 13.9 Å². The molecule has 0 aliphatic rings. The maximum Gasteiger partial charge on any atom is 0.286 e. The van der Waals surface area contributed by atoms with E-state index in [-0.39, 0.29) is 5.91 Å². The Hall–Kier alpha value is -2.27. The molecule has 1 heterocycles. The molecular formula is C21H30N2O3. The van der Waals surface area contributed by atoms with Crippen LogP contribution in [-0.2, 0) is 6.61 Å². The molecule has 1 N–H and O–H groups in total. The Bertz CT molecular complexity index is 705. The smallest absolute Gasteiger partial charge is 0.286 e. The number of hydrogen-bond donors (Lipinski definition) is 1. The van der Waals surface area contributed by atoms with E-state index in [1.54, 1.807) is 12.1 Å². The van der Waals surface area contributed by atoms with Crippen LogP contribution >= 0.6 is 0 Å². The summed E-state index contributed by atoms with van der Waals surface area (Å²) in [5.74, 6) is 1.62. The number of nitrogens with one attached hydrogen (secondary N) is 1. The molecule has 0 radical (unpaired) electrons. The number of amides is 1. The number of aryl methyl sites for hydroxylation is 2. The third kappa shape index (κ3) is 5.92. The van der Waals surface area contributed by atoms with Crippen LogP contribution in [0.3, 0.4) is 0 Å². The number of carbonyl (C=O) groups is 1. The fourth-order valence-corrected chi connectivity index (χ4v) is 2.72. The molecule has 2 rings (SSSR count). The molecule has 0 saturated carbocycles. The number of nitrogens with zero attached hydrogens (tertiary/aromatic N) is 1. The van der Waals surface area contributed by atoms with Gasteiger partial charge in [-0.1, -0.05) is 26.0 Å². The lowest BCUT2D eigenvalue weighted by molar-refractivity contribution is 0.0920. The minimum atomic E-state index is -0.178. The quantitative estimate of drug-likeness (QED) is 0.654. The highest BCUT2D eigenvalue weighted by Gasteiger charge is 2.11. The molecule has 26 heavy (non-hydrogen) atoms. The van der Waals surface area contributed by atoms with Crippen molar-refractivity contribution in [3.05, 3.63) is 53.0 Å². The van der Waals surface area contributed by atoms with E-state index in [1.807, 2.05) is 26.0 Å².